The first-order valence-electron chi connectivity index (χ1n) is 8.66. The number of H-pyrrole nitrogens is 1. The highest BCUT2D eigenvalue weighted by atomic mass is 35.5. The zero-order valence-electron chi connectivity index (χ0n) is 14.3. The lowest BCUT2D eigenvalue weighted by molar-refractivity contribution is -0.135. The molecule has 1 aliphatic rings. The molecule has 1 N–H and O–H groups in total. The fourth-order valence-electron chi connectivity index (χ4n) is 3.49. The predicted octanol–water partition coefficient (Wildman–Crippen LogP) is 4.20. The summed E-state index contributed by atoms with van der Waals surface area (Å²) in [6.07, 6.45) is 3.56. The van der Waals surface area contributed by atoms with Crippen LogP contribution < -0.4 is 0 Å². The van der Waals surface area contributed by atoms with Gasteiger partial charge in [0.25, 0.3) is 0 Å². The third-order valence-corrected chi connectivity index (χ3v) is 4.89. The number of morpholine rings is 1. The summed E-state index contributed by atoms with van der Waals surface area (Å²) >= 11 is 6.18. The van der Waals surface area contributed by atoms with Gasteiger partial charge in [-0.15, -0.1) is 0 Å². The highest BCUT2D eigenvalue weighted by molar-refractivity contribution is 6.31. The van der Waals surface area contributed by atoms with Gasteiger partial charge in [-0.25, -0.2) is 0 Å². The molecule has 2 aromatic rings. The molecular formula is C19H25ClN2O2. The molecule has 1 amide bonds. The van der Waals surface area contributed by atoms with Crippen LogP contribution >= 0.6 is 11.6 Å². The smallest absolute Gasteiger partial charge is 0.223 e. The zero-order valence-corrected chi connectivity index (χ0v) is 15.1. The first-order chi connectivity index (χ1) is 11.5. The highest BCUT2D eigenvalue weighted by Crippen LogP contribution is 2.34. The van der Waals surface area contributed by atoms with E-state index in [1.54, 1.807) is 0 Å². The number of aromatic amines is 1. The maximum atomic E-state index is 12.7. The number of benzene rings is 1. The first-order valence-corrected chi connectivity index (χ1v) is 9.04. The summed E-state index contributed by atoms with van der Waals surface area (Å²) in [4.78, 5) is 18.0. The molecule has 3 rings (SSSR count). The van der Waals surface area contributed by atoms with Gasteiger partial charge in [0, 0.05) is 41.6 Å². The van der Waals surface area contributed by atoms with E-state index in [1.165, 1.54) is 5.56 Å². The molecule has 1 fully saturated rings. The van der Waals surface area contributed by atoms with E-state index in [0.29, 0.717) is 38.6 Å². The summed E-state index contributed by atoms with van der Waals surface area (Å²) in [5, 5.41) is 1.86. The number of fused-ring (bicyclic) bond motifs is 1. The Labute approximate surface area is 148 Å². The predicted molar refractivity (Wildman–Crippen MR) is 97.5 cm³/mol. The number of aromatic nitrogens is 1. The van der Waals surface area contributed by atoms with Crippen molar-refractivity contribution >= 4 is 28.4 Å². The molecule has 130 valence electrons. The molecule has 1 aromatic heterocycles. The quantitative estimate of drug-likeness (QED) is 0.880. The topological polar surface area (TPSA) is 45.3 Å². The number of amides is 1. The van der Waals surface area contributed by atoms with Crippen LogP contribution in [0, 0.1) is 5.92 Å². The van der Waals surface area contributed by atoms with E-state index in [-0.39, 0.29) is 11.8 Å². The van der Waals surface area contributed by atoms with Crippen LogP contribution in [0.15, 0.2) is 24.4 Å². The summed E-state index contributed by atoms with van der Waals surface area (Å²) in [5.41, 5.74) is 2.27. The SMILES string of the molecule is CC(C)CC(CC(=O)N1CCOCC1)c1c[nH]c2ccc(Cl)cc12. The van der Waals surface area contributed by atoms with Gasteiger partial charge in [0.05, 0.1) is 13.2 Å². The Balaban J connectivity index is 1.84. The van der Waals surface area contributed by atoms with Gasteiger partial charge in [-0.05, 0) is 42.0 Å². The van der Waals surface area contributed by atoms with Crippen molar-refractivity contribution in [2.75, 3.05) is 26.3 Å². The lowest BCUT2D eigenvalue weighted by atomic mass is 9.87. The number of rotatable bonds is 5. The number of carbonyl (C=O) groups is 1. The Morgan fingerprint density at radius 3 is 2.79 bits per heavy atom. The summed E-state index contributed by atoms with van der Waals surface area (Å²) in [7, 11) is 0. The van der Waals surface area contributed by atoms with E-state index >= 15 is 0 Å². The van der Waals surface area contributed by atoms with Crippen LogP contribution in [0.3, 0.4) is 0 Å². The molecule has 0 aliphatic carbocycles. The molecule has 2 heterocycles. The number of nitrogens with zero attached hydrogens (tertiary/aromatic N) is 1. The molecule has 0 spiro atoms. The van der Waals surface area contributed by atoms with Gasteiger partial charge < -0.3 is 14.6 Å². The minimum Gasteiger partial charge on any atom is -0.378 e. The second kappa shape index (κ2) is 7.58. The van der Waals surface area contributed by atoms with Crippen molar-refractivity contribution in [3.05, 3.63) is 35.0 Å². The Morgan fingerprint density at radius 2 is 2.08 bits per heavy atom. The van der Waals surface area contributed by atoms with Crippen LogP contribution in [-0.2, 0) is 9.53 Å². The number of ether oxygens (including phenoxy) is 1. The number of hydrogen-bond acceptors (Lipinski definition) is 2. The molecule has 0 radical (unpaired) electrons. The van der Waals surface area contributed by atoms with E-state index in [0.717, 1.165) is 22.3 Å². The average molecular weight is 349 g/mol. The van der Waals surface area contributed by atoms with Crippen molar-refractivity contribution in [3.63, 3.8) is 0 Å². The second-order valence-electron chi connectivity index (χ2n) is 6.96. The molecule has 1 aliphatic heterocycles. The van der Waals surface area contributed by atoms with Crippen molar-refractivity contribution in [2.24, 2.45) is 5.92 Å². The lowest BCUT2D eigenvalue weighted by Gasteiger charge is -2.29. The Kier molecular flexibility index (Phi) is 5.47. The monoisotopic (exact) mass is 348 g/mol. The van der Waals surface area contributed by atoms with E-state index < -0.39 is 0 Å². The maximum Gasteiger partial charge on any atom is 0.223 e. The Bertz CT molecular complexity index is 704. The van der Waals surface area contributed by atoms with Crippen LogP contribution in [0.5, 0.6) is 0 Å². The van der Waals surface area contributed by atoms with Crippen molar-refractivity contribution in [1.82, 2.24) is 9.88 Å². The number of halogens is 1. The normalized spacial score (nSPS) is 16.8. The maximum absolute atomic E-state index is 12.7. The standard InChI is InChI=1S/C19H25ClN2O2/c1-13(2)9-14(10-19(23)22-5-7-24-8-6-22)17-12-21-18-4-3-15(20)11-16(17)18/h3-4,11-14,21H,5-10H2,1-2H3. The van der Waals surface area contributed by atoms with Gasteiger partial charge in [0.1, 0.15) is 0 Å². The van der Waals surface area contributed by atoms with E-state index in [1.807, 2.05) is 29.3 Å². The van der Waals surface area contributed by atoms with Crippen LogP contribution in [0.1, 0.15) is 38.2 Å². The summed E-state index contributed by atoms with van der Waals surface area (Å²) in [6.45, 7) is 7.09. The van der Waals surface area contributed by atoms with Crippen LogP contribution in [0.25, 0.3) is 10.9 Å². The van der Waals surface area contributed by atoms with Gasteiger partial charge in [-0.2, -0.15) is 0 Å². The van der Waals surface area contributed by atoms with Crippen LogP contribution in [-0.4, -0.2) is 42.1 Å². The Hall–Kier alpha value is -1.52. The van der Waals surface area contributed by atoms with E-state index in [4.69, 9.17) is 16.3 Å². The summed E-state index contributed by atoms with van der Waals surface area (Å²) < 4.78 is 5.35. The average Bonchev–Trinajstić information content (AvgIpc) is 2.97. The first kappa shape index (κ1) is 17.3. The van der Waals surface area contributed by atoms with Gasteiger partial charge in [0.2, 0.25) is 5.91 Å². The fraction of sp³-hybridized carbons (Fsp3) is 0.526. The molecule has 1 saturated heterocycles. The molecule has 24 heavy (non-hydrogen) atoms. The van der Waals surface area contributed by atoms with Crippen LogP contribution in [0.4, 0.5) is 0 Å². The van der Waals surface area contributed by atoms with Crippen LogP contribution in [0.2, 0.25) is 5.02 Å². The molecule has 0 saturated carbocycles. The highest BCUT2D eigenvalue weighted by Gasteiger charge is 2.24. The van der Waals surface area contributed by atoms with E-state index in [9.17, 15) is 4.79 Å². The van der Waals surface area contributed by atoms with Crippen molar-refractivity contribution < 1.29 is 9.53 Å². The minimum atomic E-state index is 0.201. The Morgan fingerprint density at radius 1 is 1.33 bits per heavy atom. The molecule has 1 unspecified atom stereocenters. The fourth-order valence-corrected chi connectivity index (χ4v) is 3.67. The van der Waals surface area contributed by atoms with Gasteiger partial charge in [0.15, 0.2) is 0 Å². The largest absolute Gasteiger partial charge is 0.378 e. The van der Waals surface area contributed by atoms with Gasteiger partial charge in [-0.1, -0.05) is 25.4 Å². The molecule has 1 aromatic carbocycles. The third kappa shape index (κ3) is 3.93. The van der Waals surface area contributed by atoms with Crippen molar-refractivity contribution in [1.29, 1.82) is 0 Å². The molecule has 5 heteroatoms. The second-order valence-corrected chi connectivity index (χ2v) is 7.39. The zero-order chi connectivity index (χ0) is 17.1. The number of carbonyl (C=O) groups excluding carboxylic acids is 1. The molecule has 4 nitrogen and oxygen atoms in total. The molecular weight excluding hydrogens is 324 g/mol. The van der Waals surface area contributed by atoms with E-state index in [2.05, 4.69) is 18.8 Å². The molecule has 1 atom stereocenters. The molecule has 0 bridgehead atoms. The number of hydrogen-bond donors (Lipinski definition) is 1. The number of nitrogens with one attached hydrogen (secondary N) is 1. The minimum absolute atomic E-state index is 0.201. The van der Waals surface area contributed by atoms with Crippen molar-refractivity contribution in [2.45, 2.75) is 32.6 Å². The lowest BCUT2D eigenvalue weighted by Crippen LogP contribution is -2.41. The third-order valence-electron chi connectivity index (χ3n) is 4.66. The van der Waals surface area contributed by atoms with Gasteiger partial charge >= 0.3 is 0 Å². The van der Waals surface area contributed by atoms with Crippen molar-refractivity contribution in [3.8, 4) is 0 Å². The summed E-state index contributed by atoms with van der Waals surface area (Å²) in [5.74, 6) is 0.949. The van der Waals surface area contributed by atoms with Gasteiger partial charge in [-0.3, -0.25) is 4.79 Å². The summed E-state index contributed by atoms with van der Waals surface area (Å²) in [6, 6.07) is 5.88.